The number of guanidine groups is 1. The molecule has 1 saturated heterocycles. The molecule has 1 aliphatic rings. The van der Waals surface area contributed by atoms with Crippen molar-refractivity contribution in [3.8, 4) is 0 Å². The fourth-order valence-electron chi connectivity index (χ4n) is 2.93. The molecule has 0 saturated carbocycles. The van der Waals surface area contributed by atoms with Crippen LogP contribution in [0.5, 0.6) is 0 Å². The van der Waals surface area contributed by atoms with E-state index in [1.54, 1.807) is 45.2 Å². The van der Waals surface area contributed by atoms with Crippen LogP contribution in [0.2, 0.25) is 0 Å². The molecular formula is C17H29IN4O4S2. The zero-order valence-corrected chi connectivity index (χ0v) is 20.8. The minimum Gasteiger partial charge on any atom is -0.352 e. The van der Waals surface area contributed by atoms with Crippen LogP contribution in [0, 0.1) is 0 Å². The summed E-state index contributed by atoms with van der Waals surface area (Å²) in [4.78, 5) is 6.37. The lowest BCUT2D eigenvalue weighted by molar-refractivity contribution is 0.353. The van der Waals surface area contributed by atoms with Crippen molar-refractivity contribution in [2.45, 2.75) is 30.0 Å². The van der Waals surface area contributed by atoms with Crippen LogP contribution in [0.1, 0.15) is 19.4 Å². The van der Waals surface area contributed by atoms with Gasteiger partial charge in [0.2, 0.25) is 10.0 Å². The maximum Gasteiger partial charge on any atom is 0.242 e. The highest BCUT2D eigenvalue weighted by Gasteiger charge is 2.41. The molecule has 1 fully saturated rings. The van der Waals surface area contributed by atoms with Crippen LogP contribution in [0.4, 0.5) is 0 Å². The number of hydrogen-bond acceptors (Lipinski definition) is 5. The van der Waals surface area contributed by atoms with E-state index in [-0.39, 0.29) is 41.2 Å². The van der Waals surface area contributed by atoms with Gasteiger partial charge < -0.3 is 10.2 Å². The molecule has 1 N–H and O–H groups in total. The zero-order valence-electron chi connectivity index (χ0n) is 16.8. The monoisotopic (exact) mass is 544 g/mol. The minimum atomic E-state index is -3.56. The normalized spacial score (nSPS) is 19.2. The first-order valence-electron chi connectivity index (χ1n) is 8.61. The summed E-state index contributed by atoms with van der Waals surface area (Å²) in [5, 5.41) is 3.17. The van der Waals surface area contributed by atoms with Gasteiger partial charge in [0.1, 0.15) is 0 Å². The molecule has 1 aliphatic heterocycles. The molecule has 1 aromatic carbocycles. The Morgan fingerprint density at radius 2 is 1.89 bits per heavy atom. The van der Waals surface area contributed by atoms with Crippen LogP contribution in [-0.4, -0.2) is 76.7 Å². The first-order valence-corrected chi connectivity index (χ1v) is 11.7. The molecule has 1 heterocycles. The van der Waals surface area contributed by atoms with Crippen LogP contribution >= 0.6 is 24.0 Å². The summed E-state index contributed by atoms with van der Waals surface area (Å²) in [5.41, 5.74) is 0.622. The quantitative estimate of drug-likeness (QED) is 0.347. The maximum atomic E-state index is 12.5. The molecule has 0 bridgehead atoms. The molecule has 2 rings (SSSR count). The van der Waals surface area contributed by atoms with Crippen molar-refractivity contribution in [1.82, 2.24) is 14.5 Å². The lowest BCUT2D eigenvalue weighted by atomic mass is 10.2. The van der Waals surface area contributed by atoms with Gasteiger partial charge in [-0.05, 0) is 25.5 Å². The highest BCUT2D eigenvalue weighted by Crippen LogP contribution is 2.24. The Morgan fingerprint density at radius 3 is 2.43 bits per heavy atom. The highest BCUT2D eigenvalue weighted by molar-refractivity contribution is 14.0. The van der Waals surface area contributed by atoms with Gasteiger partial charge in [-0.1, -0.05) is 18.2 Å². The molecule has 0 aliphatic carbocycles. The molecule has 1 aromatic rings. The third kappa shape index (κ3) is 5.16. The highest BCUT2D eigenvalue weighted by atomic mass is 127. The Labute approximate surface area is 185 Å². The number of halogens is 1. The molecule has 11 heteroatoms. The van der Waals surface area contributed by atoms with Crippen LogP contribution in [0.15, 0.2) is 34.2 Å². The Morgan fingerprint density at radius 1 is 1.29 bits per heavy atom. The number of sulfone groups is 1. The molecule has 0 aromatic heterocycles. The molecule has 0 amide bonds. The molecule has 0 atom stereocenters. The second-order valence-electron chi connectivity index (χ2n) is 7.30. The van der Waals surface area contributed by atoms with E-state index in [2.05, 4.69) is 10.3 Å². The predicted octanol–water partition coefficient (Wildman–Crippen LogP) is 1.14. The number of sulfonamides is 1. The van der Waals surface area contributed by atoms with Gasteiger partial charge in [-0.25, -0.2) is 21.1 Å². The summed E-state index contributed by atoms with van der Waals surface area (Å²) >= 11 is 0. The Hall–Kier alpha value is -0.920. The number of aliphatic imine (C=N–C) groups is 1. The van der Waals surface area contributed by atoms with Gasteiger partial charge in [-0.15, -0.1) is 24.0 Å². The molecule has 0 unspecified atom stereocenters. The third-order valence-corrected chi connectivity index (χ3v) is 9.17. The van der Waals surface area contributed by atoms with E-state index < -0.39 is 24.6 Å². The van der Waals surface area contributed by atoms with Crippen LogP contribution in [0.3, 0.4) is 0 Å². The van der Waals surface area contributed by atoms with Gasteiger partial charge in [-0.3, -0.25) is 4.99 Å². The average molecular weight is 544 g/mol. The maximum absolute atomic E-state index is 12.5. The second-order valence-corrected chi connectivity index (χ2v) is 12.2. The Kier molecular flexibility index (Phi) is 8.31. The van der Waals surface area contributed by atoms with Crippen molar-refractivity contribution in [2.24, 2.45) is 4.99 Å². The van der Waals surface area contributed by atoms with E-state index in [0.29, 0.717) is 24.6 Å². The number of rotatable bonds is 4. The summed E-state index contributed by atoms with van der Waals surface area (Å²) in [6.45, 7) is 4.36. The van der Waals surface area contributed by atoms with E-state index in [1.165, 1.54) is 18.4 Å². The molecule has 28 heavy (non-hydrogen) atoms. The van der Waals surface area contributed by atoms with Crippen LogP contribution in [0.25, 0.3) is 0 Å². The van der Waals surface area contributed by atoms with Gasteiger partial charge >= 0.3 is 0 Å². The molecule has 0 spiro atoms. The fourth-order valence-corrected chi connectivity index (χ4v) is 5.41. The van der Waals surface area contributed by atoms with E-state index in [9.17, 15) is 16.8 Å². The Balaban J connectivity index is 0.00000392. The topological polar surface area (TPSA) is 99.2 Å². The van der Waals surface area contributed by atoms with Crippen molar-refractivity contribution >= 4 is 49.8 Å². The first-order chi connectivity index (χ1) is 12.4. The average Bonchev–Trinajstić information content (AvgIpc) is 2.58. The molecular weight excluding hydrogens is 515 g/mol. The summed E-state index contributed by atoms with van der Waals surface area (Å²) in [7, 11) is -2.09. The minimum absolute atomic E-state index is 0. The van der Waals surface area contributed by atoms with Crippen LogP contribution < -0.4 is 5.32 Å². The third-order valence-electron chi connectivity index (χ3n) is 4.72. The van der Waals surface area contributed by atoms with Crippen molar-refractivity contribution in [1.29, 1.82) is 0 Å². The van der Waals surface area contributed by atoms with Gasteiger partial charge in [0.05, 0.1) is 15.4 Å². The van der Waals surface area contributed by atoms with Gasteiger partial charge in [0.15, 0.2) is 15.8 Å². The molecule has 160 valence electrons. The molecule has 0 radical (unpaired) electrons. The van der Waals surface area contributed by atoms with E-state index in [1.807, 2.05) is 4.90 Å². The van der Waals surface area contributed by atoms with E-state index >= 15 is 0 Å². The summed E-state index contributed by atoms with van der Waals surface area (Å²) in [6.07, 6.45) is 0. The predicted molar refractivity (Wildman–Crippen MR) is 122 cm³/mol. The number of hydrogen-bond donors (Lipinski definition) is 1. The van der Waals surface area contributed by atoms with Crippen molar-refractivity contribution < 1.29 is 16.8 Å². The standard InChI is InChI=1S/C17H28N4O4S2.HI/c1-17(2)13-21(10-11-26(17,22)23)16(18-3)19-12-14-8-6-7-9-15(14)27(24,25)20(4)5;/h6-9H,10-13H2,1-5H3,(H,18,19);1H. The number of nitrogens with zero attached hydrogens (tertiary/aromatic N) is 3. The van der Waals surface area contributed by atoms with Crippen molar-refractivity contribution in [2.75, 3.05) is 40.0 Å². The van der Waals surface area contributed by atoms with Gasteiger partial charge in [0, 0.05) is 40.8 Å². The fraction of sp³-hybridized carbons (Fsp3) is 0.588. The van der Waals surface area contributed by atoms with Gasteiger partial charge in [-0.2, -0.15) is 0 Å². The smallest absolute Gasteiger partial charge is 0.242 e. The summed E-state index contributed by atoms with van der Waals surface area (Å²) < 4.78 is 49.7. The summed E-state index contributed by atoms with van der Waals surface area (Å²) in [5.74, 6) is 0.613. The van der Waals surface area contributed by atoms with Gasteiger partial charge in [0.25, 0.3) is 0 Å². The SMILES string of the molecule is CN=C(NCc1ccccc1S(=O)(=O)N(C)C)N1CCS(=O)(=O)C(C)(C)C1.I. The molecule has 8 nitrogen and oxygen atoms in total. The largest absolute Gasteiger partial charge is 0.352 e. The first kappa shape index (κ1) is 25.1. The lowest BCUT2D eigenvalue weighted by Crippen LogP contribution is -2.57. The number of benzene rings is 1. The van der Waals surface area contributed by atoms with Crippen molar-refractivity contribution in [3.63, 3.8) is 0 Å². The second kappa shape index (κ2) is 9.26. The van der Waals surface area contributed by atoms with E-state index in [4.69, 9.17) is 0 Å². The van der Waals surface area contributed by atoms with E-state index in [0.717, 1.165) is 0 Å². The summed E-state index contributed by atoms with van der Waals surface area (Å²) in [6, 6.07) is 6.80. The lowest BCUT2D eigenvalue weighted by Gasteiger charge is -2.39. The Bertz CT molecular complexity index is 928. The number of nitrogens with one attached hydrogen (secondary N) is 1. The zero-order chi connectivity index (χ0) is 20.5. The van der Waals surface area contributed by atoms with Crippen molar-refractivity contribution in [3.05, 3.63) is 29.8 Å². The van der Waals surface area contributed by atoms with Crippen LogP contribution in [-0.2, 0) is 26.4 Å².